The van der Waals surface area contributed by atoms with E-state index in [9.17, 15) is 4.79 Å². The van der Waals surface area contributed by atoms with Crippen molar-refractivity contribution in [1.29, 1.82) is 0 Å². The molecule has 0 atom stereocenters. The SMILES string of the molecule is O=C(Nc1cnc(-c2ccccc2)nc1)c1cc(-c2cccs2)on1. The van der Waals surface area contributed by atoms with Gasteiger partial charge in [0, 0.05) is 11.6 Å². The molecule has 7 heteroatoms. The predicted molar refractivity (Wildman–Crippen MR) is 95.2 cm³/mol. The number of carbonyl (C=O) groups is 1. The van der Waals surface area contributed by atoms with E-state index in [1.54, 1.807) is 18.5 Å². The molecule has 0 radical (unpaired) electrons. The highest BCUT2D eigenvalue weighted by atomic mass is 32.1. The maximum absolute atomic E-state index is 12.3. The molecule has 25 heavy (non-hydrogen) atoms. The van der Waals surface area contributed by atoms with Crippen molar-refractivity contribution in [1.82, 2.24) is 15.1 Å². The van der Waals surface area contributed by atoms with Gasteiger partial charge in [-0.05, 0) is 11.4 Å². The van der Waals surface area contributed by atoms with Crippen LogP contribution in [0.3, 0.4) is 0 Å². The molecule has 4 rings (SSSR count). The first kappa shape index (κ1) is 15.2. The van der Waals surface area contributed by atoms with Crippen LogP contribution in [-0.2, 0) is 0 Å². The van der Waals surface area contributed by atoms with Crippen molar-refractivity contribution in [2.75, 3.05) is 5.32 Å². The number of aromatic nitrogens is 3. The van der Waals surface area contributed by atoms with Crippen LogP contribution < -0.4 is 5.32 Å². The van der Waals surface area contributed by atoms with Gasteiger partial charge in [0.25, 0.3) is 5.91 Å². The maximum atomic E-state index is 12.3. The van der Waals surface area contributed by atoms with Gasteiger partial charge in [0.15, 0.2) is 17.3 Å². The Morgan fingerprint density at radius 3 is 2.56 bits per heavy atom. The van der Waals surface area contributed by atoms with Crippen LogP contribution in [0, 0.1) is 0 Å². The number of nitrogens with one attached hydrogen (secondary N) is 1. The molecule has 6 nitrogen and oxygen atoms in total. The fraction of sp³-hybridized carbons (Fsp3) is 0. The minimum absolute atomic E-state index is 0.204. The molecule has 1 amide bonds. The van der Waals surface area contributed by atoms with E-state index >= 15 is 0 Å². The number of carbonyl (C=O) groups excluding carboxylic acids is 1. The second-order valence-corrected chi connectivity index (χ2v) is 6.12. The topological polar surface area (TPSA) is 80.9 Å². The summed E-state index contributed by atoms with van der Waals surface area (Å²) in [5.41, 5.74) is 1.61. The van der Waals surface area contributed by atoms with Gasteiger partial charge in [-0.2, -0.15) is 0 Å². The minimum Gasteiger partial charge on any atom is -0.355 e. The summed E-state index contributed by atoms with van der Waals surface area (Å²) in [7, 11) is 0. The average Bonchev–Trinajstić information content (AvgIpc) is 3.35. The highest BCUT2D eigenvalue weighted by Gasteiger charge is 2.15. The maximum Gasteiger partial charge on any atom is 0.277 e. The van der Waals surface area contributed by atoms with E-state index in [0.29, 0.717) is 17.3 Å². The Hall–Kier alpha value is -3.32. The number of anilines is 1. The van der Waals surface area contributed by atoms with Crippen LogP contribution in [-0.4, -0.2) is 21.0 Å². The molecule has 0 aliphatic heterocycles. The highest BCUT2D eigenvalue weighted by Crippen LogP contribution is 2.25. The van der Waals surface area contributed by atoms with Crippen molar-refractivity contribution < 1.29 is 9.32 Å². The zero-order chi connectivity index (χ0) is 17.1. The van der Waals surface area contributed by atoms with Crippen molar-refractivity contribution in [3.63, 3.8) is 0 Å². The molecule has 1 aromatic carbocycles. The van der Waals surface area contributed by atoms with Crippen molar-refractivity contribution in [2.24, 2.45) is 0 Å². The molecular weight excluding hydrogens is 336 g/mol. The van der Waals surface area contributed by atoms with Gasteiger partial charge in [-0.25, -0.2) is 9.97 Å². The molecule has 0 aliphatic rings. The first-order valence-corrected chi connectivity index (χ1v) is 8.37. The number of rotatable bonds is 4. The summed E-state index contributed by atoms with van der Waals surface area (Å²) in [6.07, 6.45) is 3.13. The summed E-state index contributed by atoms with van der Waals surface area (Å²) >= 11 is 1.52. The largest absolute Gasteiger partial charge is 0.355 e. The number of amides is 1. The predicted octanol–water partition coefficient (Wildman–Crippen LogP) is 4.11. The summed E-state index contributed by atoms with van der Waals surface area (Å²) in [6, 6.07) is 15.1. The van der Waals surface area contributed by atoms with Crippen molar-refractivity contribution >= 4 is 22.9 Å². The van der Waals surface area contributed by atoms with Crippen LogP contribution in [0.25, 0.3) is 22.0 Å². The molecule has 0 unspecified atom stereocenters. The third-order valence-corrected chi connectivity index (χ3v) is 4.33. The first-order valence-electron chi connectivity index (χ1n) is 7.49. The molecule has 3 aromatic heterocycles. The number of benzene rings is 1. The second kappa shape index (κ2) is 6.66. The molecule has 0 bridgehead atoms. The Balaban J connectivity index is 1.48. The van der Waals surface area contributed by atoms with Gasteiger partial charge in [0.05, 0.1) is 23.0 Å². The summed E-state index contributed by atoms with van der Waals surface area (Å²) in [4.78, 5) is 21.7. The third kappa shape index (κ3) is 3.31. The van der Waals surface area contributed by atoms with E-state index in [1.165, 1.54) is 11.3 Å². The summed E-state index contributed by atoms with van der Waals surface area (Å²) in [6.45, 7) is 0. The van der Waals surface area contributed by atoms with Crippen LogP contribution in [0.4, 0.5) is 5.69 Å². The quantitative estimate of drug-likeness (QED) is 0.600. The van der Waals surface area contributed by atoms with Crippen LogP contribution in [0.5, 0.6) is 0 Å². The smallest absolute Gasteiger partial charge is 0.277 e. The number of hydrogen-bond donors (Lipinski definition) is 1. The highest BCUT2D eigenvalue weighted by molar-refractivity contribution is 7.13. The Labute approximate surface area is 147 Å². The van der Waals surface area contributed by atoms with Gasteiger partial charge >= 0.3 is 0 Å². The fourth-order valence-electron chi connectivity index (χ4n) is 2.24. The first-order chi connectivity index (χ1) is 12.3. The Kier molecular flexibility index (Phi) is 4.05. The van der Waals surface area contributed by atoms with Gasteiger partial charge in [0.2, 0.25) is 0 Å². The van der Waals surface area contributed by atoms with Crippen LogP contribution >= 0.6 is 11.3 Å². The lowest BCUT2D eigenvalue weighted by atomic mass is 10.2. The average molecular weight is 348 g/mol. The van der Waals surface area contributed by atoms with Crippen LogP contribution in [0.15, 0.2) is 70.8 Å². The van der Waals surface area contributed by atoms with Crippen molar-refractivity contribution in [3.8, 4) is 22.0 Å². The summed E-state index contributed by atoms with van der Waals surface area (Å²) < 4.78 is 5.21. The Morgan fingerprint density at radius 1 is 1.04 bits per heavy atom. The van der Waals surface area contributed by atoms with E-state index in [1.807, 2.05) is 47.8 Å². The lowest BCUT2D eigenvalue weighted by Gasteiger charge is -2.03. The van der Waals surface area contributed by atoms with Gasteiger partial charge in [-0.15, -0.1) is 11.3 Å². The molecule has 0 saturated carbocycles. The second-order valence-electron chi connectivity index (χ2n) is 5.17. The minimum atomic E-state index is -0.373. The van der Waals surface area contributed by atoms with E-state index in [4.69, 9.17) is 4.52 Å². The lowest BCUT2D eigenvalue weighted by molar-refractivity contribution is 0.101. The molecule has 0 fully saturated rings. The molecule has 4 aromatic rings. The van der Waals surface area contributed by atoms with Crippen LogP contribution in [0.2, 0.25) is 0 Å². The standard InChI is InChI=1S/C18H12N4O2S/c23-18(14-9-15(24-22-14)16-7-4-8-25-16)21-13-10-19-17(20-11-13)12-5-2-1-3-6-12/h1-11H,(H,21,23). The van der Waals surface area contributed by atoms with E-state index in [2.05, 4.69) is 20.4 Å². The van der Waals surface area contributed by atoms with Gasteiger partial charge in [-0.3, -0.25) is 4.79 Å². The molecular formula is C18H12N4O2S. The monoisotopic (exact) mass is 348 g/mol. The zero-order valence-corrected chi connectivity index (χ0v) is 13.7. The zero-order valence-electron chi connectivity index (χ0n) is 12.9. The van der Waals surface area contributed by atoms with Crippen molar-refractivity contribution in [2.45, 2.75) is 0 Å². The number of hydrogen-bond acceptors (Lipinski definition) is 6. The third-order valence-electron chi connectivity index (χ3n) is 3.45. The number of nitrogens with zero attached hydrogens (tertiary/aromatic N) is 3. The molecule has 0 saturated heterocycles. The van der Waals surface area contributed by atoms with Gasteiger partial charge < -0.3 is 9.84 Å². The van der Waals surface area contributed by atoms with Gasteiger partial charge in [0.1, 0.15) is 0 Å². The Bertz CT molecular complexity index is 980. The molecule has 1 N–H and O–H groups in total. The molecule has 122 valence electrons. The normalized spacial score (nSPS) is 10.6. The molecule has 3 heterocycles. The summed E-state index contributed by atoms with van der Waals surface area (Å²) in [5.74, 6) is 0.790. The molecule has 0 spiro atoms. The van der Waals surface area contributed by atoms with E-state index in [0.717, 1.165) is 10.4 Å². The summed E-state index contributed by atoms with van der Waals surface area (Å²) in [5, 5.41) is 8.46. The van der Waals surface area contributed by atoms with E-state index in [-0.39, 0.29) is 11.6 Å². The number of thiophene rings is 1. The van der Waals surface area contributed by atoms with Crippen molar-refractivity contribution in [3.05, 3.63) is 72.0 Å². The van der Waals surface area contributed by atoms with Crippen LogP contribution in [0.1, 0.15) is 10.5 Å². The lowest BCUT2D eigenvalue weighted by Crippen LogP contribution is -2.12. The van der Waals surface area contributed by atoms with E-state index < -0.39 is 0 Å². The Morgan fingerprint density at radius 2 is 1.84 bits per heavy atom. The van der Waals surface area contributed by atoms with Gasteiger partial charge in [-0.1, -0.05) is 41.6 Å². The molecule has 0 aliphatic carbocycles. The fourth-order valence-corrected chi connectivity index (χ4v) is 2.91.